The minimum atomic E-state index is -0.733. The van der Waals surface area contributed by atoms with Gasteiger partial charge in [0.05, 0.1) is 13.0 Å². The first-order valence-corrected chi connectivity index (χ1v) is 11.1. The Labute approximate surface area is 181 Å². The van der Waals surface area contributed by atoms with Crippen LogP contribution in [-0.2, 0) is 16.6 Å². The number of aryl methyl sites for hydroxylation is 1. The average molecular weight is 428 g/mol. The summed E-state index contributed by atoms with van der Waals surface area (Å²) in [7, 11) is 0. The highest BCUT2D eigenvalue weighted by molar-refractivity contribution is 6.31. The van der Waals surface area contributed by atoms with Gasteiger partial charge < -0.3 is 19.5 Å². The van der Waals surface area contributed by atoms with Gasteiger partial charge in [0.2, 0.25) is 0 Å². The maximum Gasteiger partial charge on any atom is 0.304 e. The summed E-state index contributed by atoms with van der Waals surface area (Å²) in [5.41, 5.74) is 3.69. The van der Waals surface area contributed by atoms with Crippen LogP contribution < -0.4 is 9.47 Å². The summed E-state index contributed by atoms with van der Waals surface area (Å²) in [6, 6.07) is 12.3. The summed E-state index contributed by atoms with van der Waals surface area (Å²) in [5, 5.41) is 9.69. The number of fused-ring (bicyclic) bond motifs is 3. The molecule has 0 aromatic heterocycles. The number of nitrogens with zero attached hydrogens (tertiary/aromatic N) is 1. The van der Waals surface area contributed by atoms with E-state index in [9.17, 15) is 4.79 Å². The summed E-state index contributed by atoms with van der Waals surface area (Å²) in [6.07, 6.45) is 4.10. The number of benzene rings is 2. The van der Waals surface area contributed by atoms with Crippen LogP contribution in [0.3, 0.4) is 0 Å². The molecule has 2 aromatic rings. The zero-order valence-electron chi connectivity index (χ0n) is 16.9. The van der Waals surface area contributed by atoms with E-state index in [0.29, 0.717) is 13.2 Å². The highest BCUT2D eigenvalue weighted by Crippen LogP contribution is 2.47. The molecule has 158 valence electrons. The van der Waals surface area contributed by atoms with Crippen LogP contribution in [0.2, 0.25) is 5.02 Å². The topological polar surface area (TPSA) is 59.0 Å². The van der Waals surface area contributed by atoms with Gasteiger partial charge in [0.1, 0.15) is 17.6 Å². The molecule has 6 heteroatoms. The Morgan fingerprint density at radius 2 is 2.10 bits per heavy atom. The minimum absolute atomic E-state index is 0.0143. The maximum atomic E-state index is 10.8. The number of piperidine rings is 1. The van der Waals surface area contributed by atoms with Gasteiger partial charge in [-0.3, -0.25) is 4.79 Å². The van der Waals surface area contributed by atoms with E-state index < -0.39 is 5.97 Å². The van der Waals surface area contributed by atoms with E-state index in [4.69, 9.17) is 26.2 Å². The van der Waals surface area contributed by atoms with Gasteiger partial charge in [-0.05, 0) is 56.5 Å². The van der Waals surface area contributed by atoms with E-state index >= 15 is 0 Å². The van der Waals surface area contributed by atoms with E-state index in [1.807, 2.05) is 18.2 Å². The van der Waals surface area contributed by atoms with Crippen LogP contribution in [0.1, 0.15) is 48.5 Å². The number of ether oxygens (including phenoxy) is 2. The smallest absolute Gasteiger partial charge is 0.304 e. The minimum Gasteiger partial charge on any atom is -0.492 e. The number of aliphatic carboxylic acids is 1. The number of likely N-dealkylation sites (tertiary alicyclic amines) is 1. The summed E-state index contributed by atoms with van der Waals surface area (Å²) in [4.78, 5) is 13.1. The summed E-state index contributed by atoms with van der Waals surface area (Å²) < 4.78 is 12.4. The van der Waals surface area contributed by atoms with Gasteiger partial charge in [0.25, 0.3) is 0 Å². The number of hydrogen-bond donors (Lipinski definition) is 1. The van der Waals surface area contributed by atoms with Gasteiger partial charge in [-0.15, -0.1) is 0 Å². The second kappa shape index (κ2) is 7.78. The van der Waals surface area contributed by atoms with Crippen LogP contribution in [0.15, 0.2) is 36.4 Å². The van der Waals surface area contributed by atoms with E-state index in [1.165, 1.54) is 11.1 Å². The average Bonchev–Trinajstić information content (AvgIpc) is 3.30. The summed E-state index contributed by atoms with van der Waals surface area (Å²) in [6.45, 7) is 3.13. The maximum absolute atomic E-state index is 10.8. The van der Waals surface area contributed by atoms with Gasteiger partial charge in [-0.1, -0.05) is 29.8 Å². The largest absolute Gasteiger partial charge is 0.492 e. The van der Waals surface area contributed by atoms with Crippen LogP contribution in [0, 0.1) is 0 Å². The van der Waals surface area contributed by atoms with Crippen LogP contribution in [0.5, 0.6) is 11.5 Å². The SMILES string of the molecule is O=C(O)CCN1CCC2(CC1)COc1cc(OC3CCc4cccc(Cl)c43)ccc12. The molecule has 1 atom stereocenters. The van der Waals surface area contributed by atoms with Gasteiger partial charge in [-0.2, -0.15) is 0 Å². The van der Waals surface area contributed by atoms with Crippen molar-refractivity contribution in [3.63, 3.8) is 0 Å². The molecular formula is C24H26ClNO4. The van der Waals surface area contributed by atoms with Crippen molar-refractivity contribution in [2.24, 2.45) is 0 Å². The first-order valence-electron chi connectivity index (χ1n) is 10.7. The first kappa shape index (κ1) is 19.7. The molecule has 1 unspecified atom stereocenters. The Hall–Kier alpha value is -2.24. The van der Waals surface area contributed by atoms with Crippen molar-refractivity contribution in [1.82, 2.24) is 4.90 Å². The zero-order valence-corrected chi connectivity index (χ0v) is 17.7. The number of carboxylic acids is 1. The molecule has 0 amide bonds. The summed E-state index contributed by atoms with van der Waals surface area (Å²) in [5.74, 6) is 1.01. The van der Waals surface area contributed by atoms with Crippen LogP contribution in [0.4, 0.5) is 0 Å². The van der Waals surface area contributed by atoms with E-state index in [2.05, 4.69) is 23.1 Å². The fourth-order valence-corrected chi connectivity index (χ4v) is 5.49. The molecular weight excluding hydrogens is 402 g/mol. The third-order valence-electron chi connectivity index (χ3n) is 6.90. The molecule has 30 heavy (non-hydrogen) atoms. The molecule has 0 radical (unpaired) electrons. The molecule has 0 saturated carbocycles. The van der Waals surface area contributed by atoms with Crippen molar-refractivity contribution in [2.75, 3.05) is 26.2 Å². The fraction of sp³-hybridized carbons (Fsp3) is 0.458. The number of hydrogen-bond acceptors (Lipinski definition) is 4. The van der Waals surface area contributed by atoms with Crippen molar-refractivity contribution in [3.05, 3.63) is 58.1 Å². The lowest BCUT2D eigenvalue weighted by Gasteiger charge is -2.38. The third kappa shape index (κ3) is 3.54. The molecule has 1 fully saturated rings. The van der Waals surface area contributed by atoms with Crippen molar-refractivity contribution >= 4 is 17.6 Å². The van der Waals surface area contributed by atoms with E-state index in [-0.39, 0.29) is 17.9 Å². The first-order chi connectivity index (χ1) is 14.5. The zero-order chi connectivity index (χ0) is 20.7. The molecule has 2 heterocycles. The Balaban J connectivity index is 1.28. The standard InChI is InChI=1S/C24H26ClNO4/c25-19-3-1-2-16-4-7-20(23(16)19)30-17-5-6-18-21(14-17)29-15-24(18)9-12-26(13-10-24)11-8-22(27)28/h1-3,5-6,14,20H,4,7-13,15H2,(H,27,28). The monoisotopic (exact) mass is 427 g/mol. The predicted octanol–water partition coefficient (Wildman–Crippen LogP) is 4.61. The van der Waals surface area contributed by atoms with Crippen LogP contribution in [0.25, 0.3) is 0 Å². The Morgan fingerprint density at radius 1 is 1.27 bits per heavy atom. The molecule has 5 rings (SSSR count). The Bertz CT molecular complexity index is 968. The molecule has 1 saturated heterocycles. The quantitative estimate of drug-likeness (QED) is 0.755. The number of carbonyl (C=O) groups is 1. The van der Waals surface area contributed by atoms with E-state index in [1.54, 1.807) is 0 Å². The molecule has 2 aliphatic heterocycles. The molecule has 2 aromatic carbocycles. The number of halogens is 1. The summed E-state index contributed by atoms with van der Waals surface area (Å²) >= 11 is 6.43. The number of rotatable bonds is 5. The van der Waals surface area contributed by atoms with Crippen molar-refractivity contribution in [2.45, 2.75) is 43.6 Å². The Morgan fingerprint density at radius 3 is 2.90 bits per heavy atom. The lowest BCUT2D eigenvalue weighted by Crippen LogP contribution is -2.44. The molecule has 1 N–H and O–H groups in total. The molecule has 5 nitrogen and oxygen atoms in total. The van der Waals surface area contributed by atoms with Crippen molar-refractivity contribution < 1.29 is 19.4 Å². The third-order valence-corrected chi connectivity index (χ3v) is 7.23. The predicted molar refractivity (Wildman–Crippen MR) is 115 cm³/mol. The second-order valence-electron chi connectivity index (χ2n) is 8.67. The van der Waals surface area contributed by atoms with Crippen molar-refractivity contribution in [3.8, 4) is 11.5 Å². The molecule has 1 aliphatic carbocycles. The van der Waals surface area contributed by atoms with Crippen molar-refractivity contribution in [1.29, 1.82) is 0 Å². The van der Waals surface area contributed by atoms with Crippen LogP contribution in [-0.4, -0.2) is 42.2 Å². The normalized spacial score (nSPS) is 21.8. The van der Waals surface area contributed by atoms with Crippen LogP contribution >= 0.6 is 11.6 Å². The Kier molecular flexibility index (Phi) is 5.11. The molecule has 3 aliphatic rings. The highest BCUT2D eigenvalue weighted by atomic mass is 35.5. The lowest BCUT2D eigenvalue weighted by molar-refractivity contribution is -0.137. The van der Waals surface area contributed by atoms with Gasteiger partial charge in [-0.25, -0.2) is 0 Å². The number of carboxylic acid groups (broad SMARTS) is 1. The van der Waals surface area contributed by atoms with Gasteiger partial charge in [0.15, 0.2) is 0 Å². The molecule has 0 bridgehead atoms. The van der Waals surface area contributed by atoms with Gasteiger partial charge >= 0.3 is 5.97 Å². The molecule has 1 spiro atoms. The second-order valence-corrected chi connectivity index (χ2v) is 9.08. The lowest BCUT2D eigenvalue weighted by atomic mass is 9.74. The fourth-order valence-electron chi connectivity index (χ4n) is 5.17. The van der Waals surface area contributed by atoms with Gasteiger partial charge in [0, 0.05) is 34.2 Å². The van der Waals surface area contributed by atoms with E-state index in [0.717, 1.165) is 60.9 Å². The highest BCUT2D eigenvalue weighted by Gasteiger charge is 2.43.